The Bertz CT molecular complexity index is 1060. The van der Waals surface area contributed by atoms with Crippen LogP contribution in [0.1, 0.15) is 45.1 Å². The number of carbonyl (C=O) groups is 1. The van der Waals surface area contributed by atoms with Crippen LogP contribution in [-0.4, -0.2) is 63.0 Å². The SMILES string of the molecule is CCN(CNc1nc(OC2CCCNC2)nc2c(C(C)C)cnn12)C(=O)Oc1ccccc1. The van der Waals surface area contributed by atoms with Crippen molar-refractivity contribution in [2.75, 3.05) is 31.6 Å². The summed E-state index contributed by atoms with van der Waals surface area (Å²) >= 11 is 0. The summed E-state index contributed by atoms with van der Waals surface area (Å²) in [5.74, 6) is 1.19. The molecule has 10 nitrogen and oxygen atoms in total. The smallest absolute Gasteiger partial charge is 0.416 e. The molecule has 0 aliphatic carbocycles. The summed E-state index contributed by atoms with van der Waals surface area (Å²) in [6, 6.07) is 9.30. The first kappa shape index (κ1) is 22.8. The van der Waals surface area contributed by atoms with Crippen LogP contribution in [0.2, 0.25) is 0 Å². The molecule has 1 aromatic carbocycles. The Kier molecular flexibility index (Phi) is 7.23. The van der Waals surface area contributed by atoms with Gasteiger partial charge in [-0.3, -0.25) is 4.90 Å². The van der Waals surface area contributed by atoms with E-state index in [0.29, 0.717) is 29.9 Å². The van der Waals surface area contributed by atoms with E-state index in [-0.39, 0.29) is 18.7 Å². The molecule has 2 aromatic heterocycles. The quantitative estimate of drug-likeness (QED) is 0.501. The number of nitrogens with zero attached hydrogens (tertiary/aromatic N) is 5. The number of nitrogens with one attached hydrogen (secondary N) is 2. The number of fused-ring (bicyclic) bond motifs is 1. The van der Waals surface area contributed by atoms with Gasteiger partial charge in [-0.2, -0.15) is 19.6 Å². The zero-order valence-electron chi connectivity index (χ0n) is 19.3. The second-order valence-electron chi connectivity index (χ2n) is 8.28. The monoisotopic (exact) mass is 453 g/mol. The molecule has 1 saturated heterocycles. The summed E-state index contributed by atoms with van der Waals surface area (Å²) in [7, 11) is 0. The van der Waals surface area contributed by atoms with Gasteiger partial charge in [-0.05, 0) is 44.4 Å². The average molecular weight is 454 g/mol. The van der Waals surface area contributed by atoms with Crippen molar-refractivity contribution in [1.29, 1.82) is 0 Å². The molecular weight excluding hydrogens is 422 g/mol. The van der Waals surface area contributed by atoms with Crippen LogP contribution in [0.15, 0.2) is 36.5 Å². The van der Waals surface area contributed by atoms with Crippen LogP contribution < -0.4 is 20.1 Å². The minimum atomic E-state index is -0.449. The number of carbonyl (C=O) groups excluding carboxylic acids is 1. The molecule has 10 heteroatoms. The summed E-state index contributed by atoms with van der Waals surface area (Å²) in [6.07, 6.45) is 3.38. The summed E-state index contributed by atoms with van der Waals surface area (Å²) in [6.45, 7) is 8.49. The van der Waals surface area contributed by atoms with Gasteiger partial charge >= 0.3 is 12.1 Å². The third-order valence-corrected chi connectivity index (χ3v) is 5.54. The lowest BCUT2D eigenvalue weighted by molar-refractivity contribution is 0.153. The molecular formula is C23H31N7O3. The zero-order chi connectivity index (χ0) is 23.2. The van der Waals surface area contributed by atoms with Crippen molar-refractivity contribution in [1.82, 2.24) is 29.8 Å². The number of hydrogen-bond donors (Lipinski definition) is 2. The number of ether oxygens (including phenoxy) is 2. The van der Waals surface area contributed by atoms with E-state index in [9.17, 15) is 4.79 Å². The Labute approximate surface area is 193 Å². The maximum atomic E-state index is 12.6. The van der Waals surface area contributed by atoms with Crippen LogP contribution >= 0.6 is 0 Å². The van der Waals surface area contributed by atoms with Crippen molar-refractivity contribution in [3.63, 3.8) is 0 Å². The summed E-state index contributed by atoms with van der Waals surface area (Å²) in [5, 5.41) is 11.0. The van der Waals surface area contributed by atoms with Crippen molar-refractivity contribution < 1.29 is 14.3 Å². The lowest BCUT2D eigenvalue weighted by atomic mass is 10.1. The minimum Gasteiger partial charge on any atom is -0.459 e. The van der Waals surface area contributed by atoms with Crippen molar-refractivity contribution in [2.24, 2.45) is 0 Å². The first-order valence-electron chi connectivity index (χ1n) is 11.4. The van der Waals surface area contributed by atoms with Gasteiger partial charge in [0.1, 0.15) is 11.9 Å². The fourth-order valence-electron chi connectivity index (χ4n) is 3.64. The number of rotatable bonds is 8. The van der Waals surface area contributed by atoms with E-state index < -0.39 is 6.09 Å². The summed E-state index contributed by atoms with van der Waals surface area (Å²) in [5.41, 5.74) is 1.69. The molecule has 3 heterocycles. The van der Waals surface area contributed by atoms with E-state index in [1.807, 2.05) is 25.1 Å². The van der Waals surface area contributed by atoms with E-state index >= 15 is 0 Å². The van der Waals surface area contributed by atoms with Gasteiger partial charge in [0.25, 0.3) is 0 Å². The fraction of sp³-hybridized carbons (Fsp3) is 0.478. The first-order valence-corrected chi connectivity index (χ1v) is 11.4. The number of hydrogen-bond acceptors (Lipinski definition) is 8. The second-order valence-corrected chi connectivity index (χ2v) is 8.28. The summed E-state index contributed by atoms with van der Waals surface area (Å²) in [4.78, 5) is 23.4. The Morgan fingerprint density at radius 2 is 2.12 bits per heavy atom. The van der Waals surface area contributed by atoms with Gasteiger partial charge in [0.05, 0.1) is 12.9 Å². The van der Waals surface area contributed by atoms with Crippen molar-refractivity contribution in [3.05, 3.63) is 42.1 Å². The van der Waals surface area contributed by atoms with Crippen LogP contribution in [0.3, 0.4) is 0 Å². The molecule has 176 valence electrons. The lowest BCUT2D eigenvalue weighted by Gasteiger charge is -2.23. The molecule has 1 aliphatic heterocycles. The van der Waals surface area contributed by atoms with Crippen LogP contribution in [0.25, 0.3) is 5.65 Å². The third kappa shape index (κ3) is 5.51. The predicted octanol–water partition coefficient (Wildman–Crippen LogP) is 3.27. The largest absolute Gasteiger partial charge is 0.459 e. The van der Waals surface area contributed by atoms with Crippen molar-refractivity contribution in [3.8, 4) is 11.8 Å². The molecule has 4 rings (SSSR count). The molecule has 1 aliphatic rings. The molecule has 3 aromatic rings. The van der Waals surface area contributed by atoms with E-state index in [0.717, 1.165) is 31.5 Å². The van der Waals surface area contributed by atoms with Crippen LogP contribution in [0.4, 0.5) is 10.7 Å². The van der Waals surface area contributed by atoms with Gasteiger partial charge in [0.2, 0.25) is 5.95 Å². The minimum absolute atomic E-state index is 0.0208. The number of benzene rings is 1. The number of anilines is 1. The van der Waals surface area contributed by atoms with Gasteiger partial charge in [-0.1, -0.05) is 32.0 Å². The first-order chi connectivity index (χ1) is 16.0. The van der Waals surface area contributed by atoms with Gasteiger partial charge in [-0.15, -0.1) is 0 Å². The molecule has 0 radical (unpaired) electrons. The topological polar surface area (TPSA) is 106 Å². The summed E-state index contributed by atoms with van der Waals surface area (Å²) < 4.78 is 13.2. The molecule has 1 atom stereocenters. The average Bonchev–Trinajstić information content (AvgIpc) is 3.25. The molecule has 1 unspecified atom stereocenters. The number of para-hydroxylation sites is 1. The van der Waals surface area contributed by atoms with Crippen molar-refractivity contribution >= 4 is 17.7 Å². The fourth-order valence-corrected chi connectivity index (χ4v) is 3.64. The van der Waals surface area contributed by atoms with E-state index in [1.54, 1.807) is 27.7 Å². The Hall–Kier alpha value is -3.40. The van der Waals surface area contributed by atoms with Crippen LogP contribution in [0, 0.1) is 0 Å². The van der Waals surface area contributed by atoms with Crippen LogP contribution in [0.5, 0.6) is 11.8 Å². The molecule has 0 saturated carbocycles. The van der Waals surface area contributed by atoms with E-state index in [1.165, 1.54) is 0 Å². The van der Waals surface area contributed by atoms with Gasteiger partial charge in [0, 0.05) is 18.7 Å². The van der Waals surface area contributed by atoms with Crippen molar-refractivity contribution in [2.45, 2.75) is 45.6 Å². The highest BCUT2D eigenvalue weighted by atomic mass is 16.6. The lowest BCUT2D eigenvalue weighted by Crippen LogP contribution is -2.38. The molecule has 0 bridgehead atoms. The number of amides is 1. The maximum Gasteiger partial charge on any atom is 0.416 e. The number of aromatic nitrogens is 4. The van der Waals surface area contributed by atoms with Gasteiger partial charge < -0.3 is 20.1 Å². The highest BCUT2D eigenvalue weighted by Crippen LogP contribution is 2.23. The predicted molar refractivity (Wildman–Crippen MR) is 125 cm³/mol. The highest BCUT2D eigenvalue weighted by molar-refractivity contribution is 5.70. The molecule has 0 spiro atoms. The normalized spacial score (nSPS) is 16.1. The van der Waals surface area contributed by atoms with Gasteiger partial charge in [0.15, 0.2) is 5.65 Å². The Balaban J connectivity index is 1.54. The maximum absolute atomic E-state index is 12.6. The Morgan fingerprint density at radius 1 is 1.30 bits per heavy atom. The molecule has 33 heavy (non-hydrogen) atoms. The molecule has 1 amide bonds. The molecule has 2 N–H and O–H groups in total. The van der Waals surface area contributed by atoms with Gasteiger partial charge in [-0.25, -0.2) is 4.79 Å². The Morgan fingerprint density at radius 3 is 2.82 bits per heavy atom. The molecule has 1 fully saturated rings. The standard InChI is InChI=1S/C23H31N7O3/c1-4-29(23(31)33-17-9-6-5-7-10-17)15-25-21-28-22(32-18-11-8-12-24-13-18)27-20-19(16(2)3)14-26-30(20)21/h5-7,9-10,14,16,18,24H,4,8,11-13,15H2,1-3H3,(H,25,27,28). The zero-order valence-corrected chi connectivity index (χ0v) is 19.3. The highest BCUT2D eigenvalue weighted by Gasteiger charge is 2.21. The second kappa shape index (κ2) is 10.5. The third-order valence-electron chi connectivity index (χ3n) is 5.54. The number of piperidine rings is 1. The van der Waals surface area contributed by atoms with E-state index in [4.69, 9.17) is 9.47 Å². The van der Waals surface area contributed by atoms with Crippen LogP contribution in [-0.2, 0) is 0 Å². The van der Waals surface area contributed by atoms with E-state index in [2.05, 4.69) is 39.5 Å².